The molecule has 114 valence electrons. The molecule has 0 bridgehead atoms. The Balaban J connectivity index is 3.31. The molecule has 1 atom stereocenters. The number of ether oxygens (including phenoxy) is 1. The van der Waals surface area contributed by atoms with E-state index in [0.717, 1.165) is 10.4 Å². The van der Waals surface area contributed by atoms with E-state index in [4.69, 9.17) is 10.5 Å². The van der Waals surface area contributed by atoms with Gasteiger partial charge in [0.05, 0.1) is 12.3 Å². The molecule has 0 aromatic heterocycles. The highest BCUT2D eigenvalue weighted by atomic mass is 32.2. The number of methoxy groups -OCH3 is 1. The van der Waals surface area contributed by atoms with Gasteiger partial charge in [0.15, 0.2) is 0 Å². The van der Waals surface area contributed by atoms with Crippen molar-refractivity contribution in [2.24, 2.45) is 0 Å². The predicted molar refractivity (Wildman–Crippen MR) is 71.7 cm³/mol. The average Bonchev–Trinajstić information content (AvgIpc) is 2.34. The van der Waals surface area contributed by atoms with Crippen LogP contribution < -0.4 is 5.73 Å². The minimum absolute atomic E-state index is 0.129. The van der Waals surface area contributed by atoms with Crippen LogP contribution in [0.5, 0.6) is 0 Å². The van der Waals surface area contributed by atoms with E-state index < -0.39 is 38.3 Å². The molecule has 1 aromatic rings. The molecule has 0 spiro atoms. The minimum atomic E-state index is -4.11. The van der Waals surface area contributed by atoms with Crippen molar-refractivity contribution < 1.29 is 21.9 Å². The van der Waals surface area contributed by atoms with Crippen molar-refractivity contribution >= 4 is 15.7 Å². The molecule has 20 heavy (non-hydrogen) atoms. The zero-order chi connectivity index (χ0) is 15.5. The molecule has 0 fully saturated rings. The molecule has 0 aliphatic carbocycles. The number of rotatable bonds is 6. The van der Waals surface area contributed by atoms with Crippen LogP contribution in [0.4, 0.5) is 14.5 Å². The van der Waals surface area contributed by atoms with Crippen LogP contribution in [0.15, 0.2) is 17.0 Å². The third-order valence-electron chi connectivity index (χ3n) is 2.85. The van der Waals surface area contributed by atoms with Gasteiger partial charge in [-0.15, -0.1) is 0 Å². The van der Waals surface area contributed by atoms with Gasteiger partial charge in [0, 0.05) is 25.8 Å². The zero-order valence-corrected chi connectivity index (χ0v) is 12.4. The number of nitrogen functional groups attached to an aromatic ring is 1. The second-order valence-electron chi connectivity index (χ2n) is 4.32. The van der Waals surface area contributed by atoms with Gasteiger partial charge in [0.2, 0.25) is 10.0 Å². The van der Waals surface area contributed by atoms with E-state index in [1.54, 1.807) is 13.8 Å². The molecule has 5 nitrogen and oxygen atoms in total. The summed E-state index contributed by atoms with van der Waals surface area (Å²) in [5.74, 6) is -2.16. The molecule has 0 saturated carbocycles. The molecule has 2 N–H and O–H groups in total. The van der Waals surface area contributed by atoms with Crippen LogP contribution in [0.3, 0.4) is 0 Å². The Morgan fingerprint density at radius 1 is 1.35 bits per heavy atom. The molecule has 0 saturated heterocycles. The number of anilines is 1. The molecule has 8 heteroatoms. The Morgan fingerprint density at radius 2 is 1.95 bits per heavy atom. The lowest BCUT2D eigenvalue weighted by Gasteiger charge is -2.26. The lowest BCUT2D eigenvalue weighted by atomic mass is 10.3. The van der Waals surface area contributed by atoms with E-state index >= 15 is 0 Å². The summed E-state index contributed by atoms with van der Waals surface area (Å²) in [6, 6.07) is 0.778. The highest BCUT2D eigenvalue weighted by molar-refractivity contribution is 7.89. The number of hydrogen-bond acceptors (Lipinski definition) is 4. The molecule has 0 aliphatic rings. The van der Waals surface area contributed by atoms with Crippen LogP contribution in [-0.2, 0) is 14.8 Å². The summed E-state index contributed by atoms with van der Waals surface area (Å²) < 4.78 is 57.7. The van der Waals surface area contributed by atoms with Gasteiger partial charge >= 0.3 is 0 Å². The molecule has 0 heterocycles. The first-order chi connectivity index (χ1) is 9.25. The van der Waals surface area contributed by atoms with Gasteiger partial charge < -0.3 is 10.5 Å². The van der Waals surface area contributed by atoms with Crippen molar-refractivity contribution in [2.45, 2.75) is 24.8 Å². The van der Waals surface area contributed by atoms with Gasteiger partial charge in [-0.25, -0.2) is 17.2 Å². The first-order valence-corrected chi connectivity index (χ1v) is 7.45. The molecule has 1 unspecified atom stereocenters. The first-order valence-electron chi connectivity index (χ1n) is 6.01. The van der Waals surface area contributed by atoms with Gasteiger partial charge in [0.25, 0.3) is 0 Å². The fraction of sp³-hybridized carbons (Fsp3) is 0.500. The minimum Gasteiger partial charge on any atom is -0.396 e. The predicted octanol–water partition coefficient (Wildman–Crippen LogP) is 1.59. The Labute approximate surface area is 117 Å². The summed E-state index contributed by atoms with van der Waals surface area (Å²) in [6.07, 6.45) is 0. The number of nitrogens with two attached hydrogens (primary N) is 1. The molecular formula is C12H18F2N2O3S. The van der Waals surface area contributed by atoms with E-state index in [0.29, 0.717) is 6.07 Å². The molecule has 0 aliphatic heterocycles. The Bertz CT molecular complexity index is 578. The van der Waals surface area contributed by atoms with Crippen LogP contribution in [0, 0.1) is 11.6 Å². The van der Waals surface area contributed by atoms with Crippen LogP contribution in [-0.4, -0.2) is 39.0 Å². The summed E-state index contributed by atoms with van der Waals surface area (Å²) in [5, 5.41) is 0. The SMILES string of the molecule is CCN(C(C)COC)S(=O)(=O)c1cc(N)c(F)cc1F. The van der Waals surface area contributed by atoms with Crippen molar-refractivity contribution in [1.82, 2.24) is 4.31 Å². The van der Waals surface area contributed by atoms with Gasteiger partial charge in [-0.2, -0.15) is 4.31 Å². The first kappa shape index (κ1) is 16.8. The van der Waals surface area contributed by atoms with E-state index in [9.17, 15) is 17.2 Å². The Morgan fingerprint density at radius 3 is 2.45 bits per heavy atom. The summed E-state index contributed by atoms with van der Waals surface area (Å²) >= 11 is 0. The number of nitrogens with zero attached hydrogens (tertiary/aromatic N) is 1. The monoisotopic (exact) mass is 308 g/mol. The fourth-order valence-electron chi connectivity index (χ4n) is 1.91. The summed E-state index contributed by atoms with van der Waals surface area (Å²) in [5.41, 5.74) is 4.90. The second kappa shape index (κ2) is 6.47. The molecule has 0 radical (unpaired) electrons. The van der Waals surface area contributed by atoms with Crippen LogP contribution in [0.25, 0.3) is 0 Å². The van der Waals surface area contributed by atoms with Crippen molar-refractivity contribution in [3.63, 3.8) is 0 Å². The fourth-order valence-corrected chi connectivity index (χ4v) is 3.62. The third kappa shape index (κ3) is 3.25. The normalized spacial score (nSPS) is 13.7. The van der Waals surface area contributed by atoms with Gasteiger partial charge in [0.1, 0.15) is 16.5 Å². The average molecular weight is 308 g/mol. The number of sulfonamides is 1. The zero-order valence-electron chi connectivity index (χ0n) is 11.6. The third-order valence-corrected chi connectivity index (χ3v) is 4.95. The lowest BCUT2D eigenvalue weighted by Crippen LogP contribution is -2.41. The van der Waals surface area contributed by atoms with Crippen LogP contribution in [0.2, 0.25) is 0 Å². The summed E-state index contributed by atoms with van der Waals surface area (Å²) in [4.78, 5) is -0.638. The Kier molecular flexibility index (Phi) is 5.43. The topological polar surface area (TPSA) is 72.6 Å². The van der Waals surface area contributed by atoms with E-state index in [-0.39, 0.29) is 13.2 Å². The second-order valence-corrected chi connectivity index (χ2v) is 6.18. The lowest BCUT2D eigenvalue weighted by molar-refractivity contribution is 0.142. The van der Waals surface area contributed by atoms with Gasteiger partial charge in [-0.05, 0) is 13.0 Å². The summed E-state index contributed by atoms with van der Waals surface area (Å²) in [7, 11) is -2.67. The van der Waals surface area contributed by atoms with E-state index in [2.05, 4.69) is 0 Å². The van der Waals surface area contributed by atoms with Crippen LogP contribution >= 0.6 is 0 Å². The maximum atomic E-state index is 13.7. The Hall–Kier alpha value is -1.25. The van der Waals surface area contributed by atoms with Crippen molar-refractivity contribution in [1.29, 1.82) is 0 Å². The largest absolute Gasteiger partial charge is 0.396 e. The van der Waals surface area contributed by atoms with Crippen molar-refractivity contribution in [2.75, 3.05) is 26.0 Å². The van der Waals surface area contributed by atoms with E-state index in [1.807, 2.05) is 0 Å². The number of likely N-dealkylation sites (N-methyl/N-ethyl adjacent to an activating group) is 1. The van der Waals surface area contributed by atoms with Crippen molar-refractivity contribution in [3.05, 3.63) is 23.8 Å². The standard InChI is InChI=1S/C12H18F2N2O3S/c1-4-16(8(2)7-19-3)20(17,18)12-6-11(15)9(13)5-10(12)14/h5-6,8H,4,7,15H2,1-3H3. The maximum absolute atomic E-state index is 13.7. The smallest absolute Gasteiger partial charge is 0.246 e. The van der Waals surface area contributed by atoms with Crippen molar-refractivity contribution in [3.8, 4) is 0 Å². The number of benzene rings is 1. The molecule has 0 amide bonds. The quantitative estimate of drug-likeness (QED) is 0.810. The summed E-state index contributed by atoms with van der Waals surface area (Å²) in [6.45, 7) is 3.54. The van der Waals surface area contributed by atoms with Gasteiger partial charge in [-0.1, -0.05) is 6.92 Å². The molecule has 1 rings (SSSR count). The highest BCUT2D eigenvalue weighted by Crippen LogP contribution is 2.25. The highest BCUT2D eigenvalue weighted by Gasteiger charge is 2.31. The maximum Gasteiger partial charge on any atom is 0.246 e. The van der Waals surface area contributed by atoms with Gasteiger partial charge in [-0.3, -0.25) is 0 Å². The number of hydrogen-bond donors (Lipinski definition) is 1. The van der Waals surface area contributed by atoms with Crippen LogP contribution in [0.1, 0.15) is 13.8 Å². The molecule has 1 aromatic carbocycles. The number of halogens is 2. The van der Waals surface area contributed by atoms with E-state index in [1.165, 1.54) is 7.11 Å². The molecular weight excluding hydrogens is 290 g/mol.